The Hall–Kier alpha value is -1.68. The van der Waals surface area contributed by atoms with Crippen LogP contribution in [-0.4, -0.2) is 16.6 Å². The van der Waals surface area contributed by atoms with Crippen molar-refractivity contribution in [1.82, 2.24) is 9.97 Å². The van der Waals surface area contributed by atoms with Crippen LogP contribution in [0.1, 0.15) is 35.5 Å². The number of aryl methyl sites for hydroxylation is 1. The van der Waals surface area contributed by atoms with Gasteiger partial charge in [-0.05, 0) is 19.4 Å². The summed E-state index contributed by atoms with van der Waals surface area (Å²) < 4.78 is 6.40. The van der Waals surface area contributed by atoms with Gasteiger partial charge in [0.2, 0.25) is 0 Å². The average molecular weight is 272 g/mol. The van der Waals surface area contributed by atoms with Gasteiger partial charge in [0.15, 0.2) is 0 Å². The van der Waals surface area contributed by atoms with Crippen LogP contribution in [0.3, 0.4) is 0 Å². The van der Waals surface area contributed by atoms with Gasteiger partial charge in [0.05, 0.1) is 5.92 Å². The van der Waals surface area contributed by atoms with Crippen LogP contribution in [0, 0.1) is 11.6 Å². The molecular formula is C15H16N2OS. The van der Waals surface area contributed by atoms with Crippen molar-refractivity contribution in [2.75, 3.05) is 6.61 Å². The lowest BCUT2D eigenvalue weighted by atomic mass is 10.0. The van der Waals surface area contributed by atoms with Gasteiger partial charge in [-0.25, -0.2) is 4.98 Å². The molecule has 0 amide bonds. The lowest BCUT2D eigenvalue weighted by Gasteiger charge is -2.12. The molecule has 3 nitrogen and oxygen atoms in total. The quantitative estimate of drug-likeness (QED) is 0.850. The molecule has 2 heterocycles. The molecule has 1 aliphatic rings. The van der Waals surface area contributed by atoms with E-state index >= 15 is 0 Å². The highest BCUT2D eigenvalue weighted by molar-refractivity contribution is 7.71. The molecule has 2 aromatic rings. The Morgan fingerprint density at radius 3 is 3.00 bits per heavy atom. The number of rotatable bonds is 2. The largest absolute Gasteiger partial charge is 0.492 e. The first-order valence-electron chi connectivity index (χ1n) is 6.52. The number of benzene rings is 1. The van der Waals surface area contributed by atoms with Crippen molar-refractivity contribution in [1.29, 1.82) is 0 Å². The number of hydrogen-bond acceptors (Lipinski definition) is 3. The van der Waals surface area contributed by atoms with Crippen molar-refractivity contribution in [2.45, 2.75) is 26.2 Å². The van der Waals surface area contributed by atoms with E-state index in [0.29, 0.717) is 11.2 Å². The van der Waals surface area contributed by atoms with Crippen molar-refractivity contribution in [3.63, 3.8) is 0 Å². The summed E-state index contributed by atoms with van der Waals surface area (Å²) in [4.78, 5) is 7.97. The lowest BCUT2D eigenvalue weighted by Crippen LogP contribution is -2.10. The molecular weight excluding hydrogens is 256 g/mol. The topological polar surface area (TPSA) is 37.9 Å². The summed E-state index contributed by atoms with van der Waals surface area (Å²) in [5.41, 5.74) is 3.43. The molecule has 4 heteroatoms. The molecule has 0 fully saturated rings. The van der Waals surface area contributed by atoms with Crippen LogP contribution < -0.4 is 4.74 Å². The first kappa shape index (κ1) is 12.4. The molecule has 19 heavy (non-hydrogen) atoms. The maximum absolute atomic E-state index is 5.72. The van der Waals surface area contributed by atoms with Gasteiger partial charge in [-0.3, -0.25) is 0 Å². The van der Waals surface area contributed by atoms with Crippen molar-refractivity contribution in [2.24, 2.45) is 0 Å². The number of H-pyrrole nitrogens is 1. The van der Waals surface area contributed by atoms with E-state index in [4.69, 9.17) is 17.0 Å². The van der Waals surface area contributed by atoms with Gasteiger partial charge in [0.1, 0.15) is 22.8 Å². The summed E-state index contributed by atoms with van der Waals surface area (Å²) >= 11 is 5.36. The zero-order chi connectivity index (χ0) is 13.4. The highest BCUT2D eigenvalue weighted by Crippen LogP contribution is 2.36. The highest BCUT2D eigenvalue weighted by Gasteiger charge is 2.27. The van der Waals surface area contributed by atoms with Crippen molar-refractivity contribution < 1.29 is 4.74 Å². The molecule has 0 bridgehead atoms. The number of para-hydroxylation sites is 1. The molecule has 0 radical (unpaired) electrons. The van der Waals surface area contributed by atoms with Crippen LogP contribution >= 0.6 is 12.2 Å². The van der Waals surface area contributed by atoms with Crippen molar-refractivity contribution >= 4 is 12.2 Å². The van der Waals surface area contributed by atoms with E-state index < -0.39 is 0 Å². The van der Waals surface area contributed by atoms with Gasteiger partial charge >= 0.3 is 0 Å². The van der Waals surface area contributed by atoms with E-state index in [9.17, 15) is 0 Å². The molecule has 0 saturated carbocycles. The highest BCUT2D eigenvalue weighted by atomic mass is 32.1. The van der Waals surface area contributed by atoms with Crippen LogP contribution in [0.4, 0.5) is 0 Å². The van der Waals surface area contributed by atoms with E-state index in [0.717, 1.165) is 23.6 Å². The maximum Gasteiger partial charge on any atom is 0.132 e. The minimum atomic E-state index is 0.156. The van der Waals surface area contributed by atoms with Crippen molar-refractivity contribution in [3.05, 3.63) is 51.6 Å². The van der Waals surface area contributed by atoms with Gasteiger partial charge in [0.25, 0.3) is 0 Å². The van der Waals surface area contributed by atoms with E-state index in [1.165, 1.54) is 11.3 Å². The van der Waals surface area contributed by atoms with Crippen LogP contribution in [0.25, 0.3) is 0 Å². The van der Waals surface area contributed by atoms with Crippen LogP contribution in [0.2, 0.25) is 0 Å². The third kappa shape index (κ3) is 2.06. The van der Waals surface area contributed by atoms with Gasteiger partial charge < -0.3 is 9.72 Å². The summed E-state index contributed by atoms with van der Waals surface area (Å²) in [5.74, 6) is 2.02. The number of hydrogen-bond donors (Lipinski definition) is 1. The molecule has 1 aliphatic heterocycles. The predicted octanol–water partition coefficient (Wildman–Crippen LogP) is 3.53. The maximum atomic E-state index is 5.72. The molecule has 1 unspecified atom stereocenters. The van der Waals surface area contributed by atoms with Crippen LogP contribution in [0.15, 0.2) is 24.3 Å². The second-order valence-corrected chi connectivity index (χ2v) is 5.17. The third-order valence-corrected chi connectivity index (χ3v) is 4.06. The normalized spacial score (nSPS) is 17.1. The minimum Gasteiger partial charge on any atom is -0.492 e. The first-order valence-corrected chi connectivity index (χ1v) is 6.93. The molecule has 1 N–H and O–H groups in total. The Bertz CT molecular complexity index is 678. The minimum absolute atomic E-state index is 0.156. The summed E-state index contributed by atoms with van der Waals surface area (Å²) in [6.45, 7) is 4.77. The van der Waals surface area contributed by atoms with Gasteiger partial charge in [-0.15, -0.1) is 0 Å². The summed E-state index contributed by atoms with van der Waals surface area (Å²) in [7, 11) is 0. The van der Waals surface area contributed by atoms with E-state index in [1.807, 2.05) is 25.1 Å². The second kappa shape index (κ2) is 4.78. The smallest absolute Gasteiger partial charge is 0.132 e. The monoisotopic (exact) mass is 272 g/mol. The van der Waals surface area contributed by atoms with Crippen LogP contribution in [0.5, 0.6) is 5.75 Å². The SMILES string of the molecule is CCc1[nH]c(C2COc3ccccc32)nc(=S)c1C. The molecule has 3 rings (SSSR count). The zero-order valence-corrected chi connectivity index (χ0v) is 11.9. The summed E-state index contributed by atoms with van der Waals surface area (Å²) in [6.07, 6.45) is 0.931. The number of nitrogens with one attached hydrogen (secondary N) is 1. The van der Waals surface area contributed by atoms with Gasteiger partial charge in [0, 0.05) is 16.8 Å². The van der Waals surface area contributed by atoms with E-state index in [1.54, 1.807) is 0 Å². The number of nitrogens with zero attached hydrogens (tertiary/aromatic N) is 1. The Morgan fingerprint density at radius 2 is 2.21 bits per heavy atom. The second-order valence-electron chi connectivity index (χ2n) is 4.79. The Morgan fingerprint density at radius 1 is 1.42 bits per heavy atom. The fourth-order valence-corrected chi connectivity index (χ4v) is 2.73. The standard InChI is InChI=1S/C15H16N2OS/c1-3-12-9(2)15(19)17-14(16-12)11-8-18-13-7-5-4-6-10(11)13/h4-7,11H,3,8H2,1-2H3,(H,16,17,19). The number of aromatic nitrogens is 2. The molecule has 1 atom stereocenters. The van der Waals surface area contributed by atoms with Gasteiger partial charge in [-0.2, -0.15) is 0 Å². The molecule has 0 saturated heterocycles. The Balaban J connectivity index is 2.10. The molecule has 0 aliphatic carbocycles. The molecule has 1 aromatic carbocycles. The third-order valence-electron chi connectivity index (χ3n) is 3.66. The van der Waals surface area contributed by atoms with Gasteiger partial charge in [-0.1, -0.05) is 37.3 Å². The van der Waals surface area contributed by atoms with Crippen LogP contribution in [-0.2, 0) is 6.42 Å². The lowest BCUT2D eigenvalue weighted by molar-refractivity contribution is 0.339. The zero-order valence-electron chi connectivity index (χ0n) is 11.1. The summed E-state index contributed by atoms with van der Waals surface area (Å²) in [5, 5.41) is 0. The van der Waals surface area contributed by atoms with E-state index in [-0.39, 0.29) is 5.92 Å². The molecule has 0 spiro atoms. The van der Waals surface area contributed by atoms with E-state index in [2.05, 4.69) is 23.0 Å². The average Bonchev–Trinajstić information content (AvgIpc) is 2.85. The van der Waals surface area contributed by atoms with Crippen molar-refractivity contribution in [3.8, 4) is 5.75 Å². The Kier molecular flexibility index (Phi) is 3.11. The number of ether oxygens (including phenoxy) is 1. The fraction of sp³-hybridized carbons (Fsp3) is 0.333. The fourth-order valence-electron chi connectivity index (χ4n) is 2.51. The first-order chi connectivity index (χ1) is 9.20. The number of fused-ring (bicyclic) bond motifs is 1. The summed E-state index contributed by atoms with van der Waals surface area (Å²) in [6, 6.07) is 8.11. The number of aromatic amines is 1. The Labute approximate surface area is 117 Å². The molecule has 98 valence electrons. The predicted molar refractivity (Wildman–Crippen MR) is 77.3 cm³/mol. The molecule has 1 aromatic heterocycles.